The van der Waals surface area contributed by atoms with Crippen LogP contribution in [0.15, 0.2) is 48.5 Å². The average molecular weight is 2050 g/mol. The number of hydrogen-bond donors (Lipinski definition) is 4. The maximum Gasteiger partial charge on any atom is 0.253 e. The van der Waals surface area contributed by atoms with Crippen molar-refractivity contribution in [2.24, 2.45) is 0 Å². The van der Waals surface area contributed by atoms with Crippen LogP contribution in [0, 0.1) is 42.8 Å². The second-order valence-electron chi connectivity index (χ2n) is 9.29. The van der Waals surface area contributed by atoms with Crippen LogP contribution in [0.4, 0.5) is 0 Å². The Bertz CT molecular complexity index is 1590. The van der Waals surface area contributed by atoms with Crippen molar-refractivity contribution >= 4 is 295 Å². The third-order valence-corrected chi connectivity index (χ3v) is 15.1. The number of carbonyl (C=O) groups excluding carboxylic acids is 4. The van der Waals surface area contributed by atoms with E-state index in [1.807, 2.05) is 48.5 Å². The molecule has 4 rings (SSSR count). The summed E-state index contributed by atoms with van der Waals surface area (Å²) in [4.78, 5) is 45.8. The van der Waals surface area contributed by atoms with Crippen molar-refractivity contribution in [3.05, 3.63) is 114 Å². The van der Waals surface area contributed by atoms with Gasteiger partial charge < -0.3 is 21.3 Å². The Hall–Kier alpha value is 3.52. The van der Waals surface area contributed by atoms with E-state index < -0.39 is 0 Å². The topological polar surface area (TPSA) is 116 Å². The Morgan fingerprint density at radius 1 is 0.308 bits per heavy atom. The second-order valence-corrected chi connectivity index (χ2v) is 23.6. The van der Waals surface area contributed by atoms with Gasteiger partial charge in [0.05, 0.1) is 22.3 Å². The lowest BCUT2D eigenvalue weighted by molar-refractivity contribution is 0.0953. The highest BCUT2D eigenvalue weighted by Crippen LogP contribution is 2.25. The van der Waals surface area contributed by atoms with Crippen molar-refractivity contribution in [2.45, 2.75) is 0 Å². The largest absolute Gasteiger partial charge is 0.355 e. The molecule has 4 aromatic rings. The van der Waals surface area contributed by atoms with Gasteiger partial charge in [0.15, 0.2) is 0 Å². The van der Waals surface area contributed by atoms with Gasteiger partial charge in [-0.1, -0.05) is 0 Å². The van der Waals surface area contributed by atoms with E-state index in [0.717, 1.165) is 65.1 Å². The van der Waals surface area contributed by atoms with E-state index in [0.29, 0.717) is 0 Å². The first-order valence-electron chi connectivity index (χ1n) is 13.7. The molecule has 0 saturated heterocycles. The van der Waals surface area contributed by atoms with Crippen LogP contribution in [0.25, 0.3) is 0 Å². The van der Waals surface area contributed by atoms with Crippen LogP contribution < -0.4 is 21.3 Å². The molecule has 280 valence electrons. The fourth-order valence-electron chi connectivity index (χ4n) is 3.54. The zero-order valence-electron chi connectivity index (χ0n) is 26.8. The van der Waals surface area contributed by atoms with Crippen molar-refractivity contribution < 1.29 is 19.2 Å². The molecule has 0 aliphatic rings. The Kier molecular flexibility index (Phi) is 28.2. The molecule has 4 N–H and O–H groups in total. The number of benzene rings is 4. The van der Waals surface area contributed by atoms with Crippen molar-refractivity contribution in [1.82, 2.24) is 21.3 Å². The molecule has 0 aromatic heterocycles. The zero-order valence-corrected chi connectivity index (χ0v) is 52.7. The second kappa shape index (κ2) is 27.4. The van der Waals surface area contributed by atoms with Crippen LogP contribution in [-0.4, -0.2) is 51.8 Å². The first-order valence-corrected chi connectivity index (χ1v) is 26.6. The van der Waals surface area contributed by atoms with Crippen LogP contribution in [0.3, 0.4) is 0 Å². The zero-order chi connectivity index (χ0) is 40.0. The van der Waals surface area contributed by atoms with Crippen molar-refractivity contribution in [2.75, 3.05) is 28.2 Å². The van der Waals surface area contributed by atoms with E-state index in [4.69, 9.17) is 0 Å². The summed E-state index contributed by atoms with van der Waals surface area (Å²) in [6.07, 6.45) is 0. The van der Waals surface area contributed by atoms with Crippen molar-refractivity contribution in [3.8, 4) is 0 Å². The van der Waals surface area contributed by atoms with E-state index in [-0.39, 0.29) is 23.6 Å². The Labute approximate surface area is 467 Å². The number of rotatable bonds is 4. The highest BCUT2D eigenvalue weighted by atomic mass is 127. The first kappa shape index (κ1) is 53.5. The third-order valence-electron chi connectivity index (χ3n) is 5.84. The van der Waals surface area contributed by atoms with Crippen molar-refractivity contribution in [3.63, 3.8) is 0 Å². The minimum Gasteiger partial charge on any atom is -0.355 e. The number of hydrogen-bond acceptors (Lipinski definition) is 4. The standard InChI is InChI=1S/4C8H6I3NO/c4*1-12-8(13)7-5(10)2-4(9)3-6(7)11/h4*2-3H,1H3,(H,12,13). The predicted octanol–water partition coefficient (Wildman–Crippen LogP) is 11.4. The van der Waals surface area contributed by atoms with Crippen LogP contribution >= 0.6 is 271 Å². The molecule has 0 saturated carbocycles. The van der Waals surface area contributed by atoms with Crippen LogP contribution in [0.2, 0.25) is 0 Å². The van der Waals surface area contributed by atoms with E-state index in [2.05, 4.69) is 292 Å². The SMILES string of the molecule is CNC(=O)c1c(I)cc(I)cc1I.CNC(=O)c1c(I)cc(I)cc1I.CNC(=O)c1c(I)cc(I)cc1I.CNC(=O)c1c(I)cc(I)cc1I. The number of carbonyl (C=O) groups is 4. The lowest BCUT2D eigenvalue weighted by atomic mass is 10.2. The molecule has 0 bridgehead atoms. The highest BCUT2D eigenvalue weighted by molar-refractivity contribution is 14.1. The number of nitrogens with one attached hydrogen (secondary N) is 4. The molecular weight excluding hydrogens is 2030 g/mol. The highest BCUT2D eigenvalue weighted by Gasteiger charge is 2.15. The molecule has 0 spiro atoms. The van der Waals surface area contributed by atoms with E-state index >= 15 is 0 Å². The molecule has 0 radical (unpaired) electrons. The van der Waals surface area contributed by atoms with Gasteiger partial charge in [0.1, 0.15) is 0 Å². The fraction of sp³-hybridized carbons (Fsp3) is 0.125. The van der Waals surface area contributed by atoms with Crippen LogP contribution in [0.1, 0.15) is 41.4 Å². The average Bonchev–Trinajstić information content (AvgIpc) is 3.03. The molecule has 0 aliphatic heterocycles. The minimum atomic E-state index is -0.0230. The molecular formula is C32H24I12N4O4. The maximum atomic E-state index is 11.4. The van der Waals surface area contributed by atoms with E-state index in [1.54, 1.807) is 28.2 Å². The van der Waals surface area contributed by atoms with Gasteiger partial charge in [-0.05, 0) is 320 Å². The van der Waals surface area contributed by atoms with Crippen LogP contribution in [-0.2, 0) is 0 Å². The summed E-state index contributed by atoms with van der Waals surface area (Å²) in [5, 5.41) is 10.5. The fourth-order valence-corrected chi connectivity index (χ4v) is 19.8. The van der Waals surface area contributed by atoms with Crippen molar-refractivity contribution in [1.29, 1.82) is 0 Å². The number of amides is 4. The summed E-state index contributed by atoms with van der Waals surface area (Å²) in [5.74, 6) is -0.0919. The quantitative estimate of drug-likeness (QED) is 0.152. The minimum absolute atomic E-state index is 0.0230. The number of halogens is 12. The van der Waals surface area contributed by atoms with E-state index in [9.17, 15) is 19.2 Å². The maximum absolute atomic E-state index is 11.4. The summed E-state index contributed by atoms with van der Waals surface area (Å²) in [6, 6.07) is 16.0. The van der Waals surface area contributed by atoms with Gasteiger partial charge in [-0.15, -0.1) is 0 Å². The molecule has 20 heteroatoms. The first-order chi connectivity index (χ1) is 24.2. The van der Waals surface area contributed by atoms with Gasteiger partial charge in [0.25, 0.3) is 23.6 Å². The monoisotopic (exact) mass is 2050 g/mol. The normalized spacial score (nSPS) is 9.85. The summed E-state index contributed by atoms with van der Waals surface area (Å²) in [5.41, 5.74) is 3.07. The summed E-state index contributed by atoms with van der Waals surface area (Å²) in [6.45, 7) is 0. The Morgan fingerprint density at radius 2 is 0.423 bits per heavy atom. The van der Waals surface area contributed by atoms with Gasteiger partial charge in [-0.2, -0.15) is 0 Å². The molecule has 52 heavy (non-hydrogen) atoms. The van der Waals surface area contributed by atoms with E-state index in [1.165, 1.54) is 0 Å². The Morgan fingerprint density at radius 3 is 0.519 bits per heavy atom. The molecule has 8 nitrogen and oxygen atoms in total. The van der Waals surface area contributed by atoms with Gasteiger partial charge in [0, 0.05) is 71.0 Å². The predicted molar refractivity (Wildman–Crippen MR) is 312 cm³/mol. The summed E-state index contributed by atoms with van der Waals surface area (Å²) < 4.78 is 12.6. The molecule has 0 fully saturated rings. The molecule has 4 amide bonds. The summed E-state index contributed by atoms with van der Waals surface area (Å²) >= 11 is 26.4. The van der Waals surface area contributed by atoms with Gasteiger partial charge in [-0.3, -0.25) is 19.2 Å². The molecule has 0 heterocycles. The molecule has 0 unspecified atom stereocenters. The molecule has 4 aromatic carbocycles. The lowest BCUT2D eigenvalue weighted by Gasteiger charge is -2.06. The molecule has 0 aliphatic carbocycles. The van der Waals surface area contributed by atoms with Gasteiger partial charge >= 0.3 is 0 Å². The lowest BCUT2D eigenvalue weighted by Crippen LogP contribution is -2.20. The van der Waals surface area contributed by atoms with Gasteiger partial charge in [0.2, 0.25) is 0 Å². The smallest absolute Gasteiger partial charge is 0.253 e. The molecule has 0 atom stereocenters. The van der Waals surface area contributed by atoms with Gasteiger partial charge in [-0.25, -0.2) is 0 Å². The Balaban J connectivity index is 0.000000347. The van der Waals surface area contributed by atoms with Crippen LogP contribution in [0.5, 0.6) is 0 Å². The summed E-state index contributed by atoms with van der Waals surface area (Å²) in [7, 11) is 6.58. The third kappa shape index (κ3) is 17.6.